The van der Waals surface area contributed by atoms with Gasteiger partial charge in [0.25, 0.3) is 0 Å². The third-order valence-electron chi connectivity index (χ3n) is 2.38. The molecule has 2 aromatic rings. The van der Waals surface area contributed by atoms with Gasteiger partial charge in [0.05, 0.1) is 6.21 Å². The summed E-state index contributed by atoms with van der Waals surface area (Å²) in [6.07, 6.45) is 1.16. The average molecular weight is 231 g/mol. The number of phenolic OH excluding ortho intramolecular Hbond substituents is 1. The molecule has 4 heteroatoms. The summed E-state index contributed by atoms with van der Waals surface area (Å²) >= 11 is 0. The van der Waals surface area contributed by atoms with E-state index in [0.717, 1.165) is 6.21 Å². The van der Waals surface area contributed by atoms with E-state index in [4.69, 9.17) is 10.3 Å². The van der Waals surface area contributed by atoms with Gasteiger partial charge in [-0.25, -0.2) is 4.39 Å². The predicted molar refractivity (Wildman–Crippen MR) is 62.9 cm³/mol. The van der Waals surface area contributed by atoms with Crippen LogP contribution in [0.5, 0.6) is 5.75 Å². The van der Waals surface area contributed by atoms with Crippen molar-refractivity contribution >= 4 is 6.21 Å². The number of nitrogens with zero attached hydrogens (tertiary/aromatic N) is 1. The van der Waals surface area contributed by atoms with Crippen LogP contribution in [0.2, 0.25) is 0 Å². The van der Waals surface area contributed by atoms with Crippen LogP contribution in [0.3, 0.4) is 0 Å². The van der Waals surface area contributed by atoms with Gasteiger partial charge in [-0.1, -0.05) is 29.4 Å². The van der Waals surface area contributed by atoms with E-state index in [0.29, 0.717) is 16.7 Å². The van der Waals surface area contributed by atoms with Gasteiger partial charge in [0.1, 0.15) is 11.6 Å². The number of phenols is 1. The molecule has 0 heterocycles. The Balaban J connectivity index is 2.43. The molecule has 0 saturated heterocycles. The second-order valence-electron chi connectivity index (χ2n) is 3.53. The van der Waals surface area contributed by atoms with Crippen molar-refractivity contribution in [2.45, 2.75) is 0 Å². The van der Waals surface area contributed by atoms with E-state index in [-0.39, 0.29) is 5.75 Å². The molecule has 0 aliphatic carbocycles. The van der Waals surface area contributed by atoms with E-state index in [1.807, 2.05) is 0 Å². The van der Waals surface area contributed by atoms with Crippen molar-refractivity contribution in [3.63, 3.8) is 0 Å². The van der Waals surface area contributed by atoms with Crippen LogP contribution in [0.15, 0.2) is 47.6 Å². The molecule has 0 fully saturated rings. The molecule has 2 rings (SSSR count). The molecule has 0 saturated carbocycles. The first kappa shape index (κ1) is 11.1. The van der Waals surface area contributed by atoms with E-state index in [1.165, 1.54) is 18.2 Å². The third-order valence-corrected chi connectivity index (χ3v) is 2.38. The largest absolute Gasteiger partial charge is 0.508 e. The zero-order chi connectivity index (χ0) is 12.3. The van der Waals surface area contributed by atoms with Gasteiger partial charge in [-0.2, -0.15) is 0 Å². The molecule has 0 atom stereocenters. The highest BCUT2D eigenvalue weighted by Crippen LogP contribution is 2.25. The van der Waals surface area contributed by atoms with Gasteiger partial charge in [-0.3, -0.25) is 0 Å². The van der Waals surface area contributed by atoms with Crippen LogP contribution in [0.1, 0.15) is 5.56 Å². The number of hydrogen-bond acceptors (Lipinski definition) is 3. The maximum atomic E-state index is 13.8. The number of halogens is 1. The summed E-state index contributed by atoms with van der Waals surface area (Å²) in [6.45, 7) is 0. The highest BCUT2D eigenvalue weighted by molar-refractivity contribution is 5.80. The Hall–Kier alpha value is -2.36. The smallest absolute Gasteiger partial charge is 0.131 e. The van der Waals surface area contributed by atoms with E-state index < -0.39 is 5.82 Å². The number of benzene rings is 2. The number of oxime groups is 1. The minimum Gasteiger partial charge on any atom is -0.508 e. The Kier molecular flexibility index (Phi) is 3.05. The lowest BCUT2D eigenvalue weighted by atomic mass is 10.0. The standard InChI is InChI=1S/C13H10FNO2/c14-13-7-9(8-15-17)1-6-12(13)10-2-4-11(16)5-3-10/h1-8,16-17H. The van der Waals surface area contributed by atoms with E-state index in [9.17, 15) is 4.39 Å². The molecule has 17 heavy (non-hydrogen) atoms. The van der Waals surface area contributed by atoms with Crippen LogP contribution < -0.4 is 0 Å². The van der Waals surface area contributed by atoms with Crippen LogP contribution in [0, 0.1) is 5.82 Å². The molecule has 0 amide bonds. The van der Waals surface area contributed by atoms with Crippen LogP contribution in [-0.2, 0) is 0 Å². The topological polar surface area (TPSA) is 52.8 Å². The lowest BCUT2D eigenvalue weighted by molar-refractivity contribution is 0.322. The quantitative estimate of drug-likeness (QED) is 0.474. The lowest BCUT2D eigenvalue weighted by Gasteiger charge is -2.04. The molecular weight excluding hydrogens is 221 g/mol. The normalized spacial score (nSPS) is 10.9. The molecule has 0 radical (unpaired) electrons. The monoisotopic (exact) mass is 231 g/mol. The summed E-state index contributed by atoms with van der Waals surface area (Å²) in [7, 11) is 0. The fourth-order valence-corrected chi connectivity index (χ4v) is 1.55. The van der Waals surface area contributed by atoms with Crippen molar-refractivity contribution in [1.82, 2.24) is 0 Å². The fourth-order valence-electron chi connectivity index (χ4n) is 1.55. The zero-order valence-corrected chi connectivity index (χ0v) is 8.84. The lowest BCUT2D eigenvalue weighted by Crippen LogP contribution is -1.88. The van der Waals surface area contributed by atoms with Crippen molar-refractivity contribution in [1.29, 1.82) is 0 Å². The number of hydrogen-bond donors (Lipinski definition) is 2. The van der Waals surface area contributed by atoms with Crippen molar-refractivity contribution in [2.75, 3.05) is 0 Å². The van der Waals surface area contributed by atoms with Crippen molar-refractivity contribution < 1.29 is 14.7 Å². The SMILES string of the molecule is ON=Cc1ccc(-c2ccc(O)cc2)c(F)c1. The fraction of sp³-hybridized carbons (Fsp3) is 0. The van der Waals surface area contributed by atoms with Gasteiger partial charge in [-0.05, 0) is 29.3 Å². The molecule has 0 bridgehead atoms. The second-order valence-corrected chi connectivity index (χ2v) is 3.53. The van der Waals surface area contributed by atoms with Gasteiger partial charge in [0, 0.05) is 5.56 Å². The summed E-state index contributed by atoms with van der Waals surface area (Å²) < 4.78 is 13.8. The van der Waals surface area contributed by atoms with Crippen LogP contribution >= 0.6 is 0 Å². The first-order chi connectivity index (χ1) is 8.20. The van der Waals surface area contributed by atoms with Crippen LogP contribution in [0.4, 0.5) is 4.39 Å². The summed E-state index contributed by atoms with van der Waals surface area (Å²) in [4.78, 5) is 0. The maximum Gasteiger partial charge on any atom is 0.131 e. The number of rotatable bonds is 2. The molecule has 2 aromatic carbocycles. The zero-order valence-electron chi connectivity index (χ0n) is 8.84. The van der Waals surface area contributed by atoms with Crippen molar-refractivity contribution in [2.24, 2.45) is 5.16 Å². The highest BCUT2D eigenvalue weighted by Gasteiger charge is 2.05. The predicted octanol–water partition coefficient (Wildman–Crippen LogP) is 3.01. The van der Waals surface area contributed by atoms with Gasteiger partial charge in [-0.15, -0.1) is 0 Å². The van der Waals surface area contributed by atoms with Crippen LogP contribution in [0.25, 0.3) is 11.1 Å². The Labute approximate surface area is 97.5 Å². The first-order valence-electron chi connectivity index (χ1n) is 4.97. The second kappa shape index (κ2) is 4.65. The molecule has 0 unspecified atom stereocenters. The van der Waals surface area contributed by atoms with Gasteiger partial charge in [0.2, 0.25) is 0 Å². The molecule has 2 N–H and O–H groups in total. The Bertz CT molecular complexity index is 550. The third kappa shape index (κ3) is 2.42. The van der Waals surface area contributed by atoms with Crippen LogP contribution in [-0.4, -0.2) is 16.5 Å². The average Bonchev–Trinajstić information content (AvgIpc) is 2.31. The van der Waals surface area contributed by atoms with E-state index in [1.54, 1.807) is 24.3 Å². The number of aromatic hydroxyl groups is 1. The van der Waals surface area contributed by atoms with E-state index >= 15 is 0 Å². The summed E-state index contributed by atoms with van der Waals surface area (Å²) in [6, 6.07) is 10.8. The highest BCUT2D eigenvalue weighted by atomic mass is 19.1. The Morgan fingerprint density at radius 2 is 1.76 bits per heavy atom. The van der Waals surface area contributed by atoms with Crippen molar-refractivity contribution in [3.05, 3.63) is 53.8 Å². The molecule has 0 aliphatic heterocycles. The first-order valence-corrected chi connectivity index (χ1v) is 4.97. The summed E-state index contributed by atoms with van der Waals surface area (Å²) in [5, 5.41) is 20.3. The minimum atomic E-state index is -0.409. The molecule has 0 spiro atoms. The molecule has 0 aromatic heterocycles. The molecule has 3 nitrogen and oxygen atoms in total. The Morgan fingerprint density at radius 3 is 2.35 bits per heavy atom. The minimum absolute atomic E-state index is 0.137. The maximum absolute atomic E-state index is 13.8. The summed E-state index contributed by atoms with van der Waals surface area (Å²) in [5.41, 5.74) is 1.58. The Morgan fingerprint density at radius 1 is 1.06 bits per heavy atom. The summed E-state index contributed by atoms with van der Waals surface area (Å²) in [5.74, 6) is -0.272. The molecule has 86 valence electrons. The van der Waals surface area contributed by atoms with Gasteiger partial charge < -0.3 is 10.3 Å². The van der Waals surface area contributed by atoms with E-state index in [2.05, 4.69) is 5.16 Å². The molecule has 0 aliphatic rings. The molecular formula is C13H10FNO2. The van der Waals surface area contributed by atoms with Crippen molar-refractivity contribution in [3.8, 4) is 16.9 Å². The van der Waals surface area contributed by atoms with Gasteiger partial charge >= 0.3 is 0 Å². The van der Waals surface area contributed by atoms with Gasteiger partial charge in [0.15, 0.2) is 0 Å².